The van der Waals surface area contributed by atoms with Gasteiger partial charge in [-0.05, 0) is 40.9 Å². The Morgan fingerprint density at radius 2 is 1.95 bits per heavy atom. The molecule has 20 heavy (non-hydrogen) atoms. The summed E-state index contributed by atoms with van der Waals surface area (Å²) in [6.07, 6.45) is 4.59. The van der Waals surface area contributed by atoms with E-state index >= 15 is 0 Å². The van der Waals surface area contributed by atoms with Gasteiger partial charge in [-0.3, -0.25) is 4.79 Å². The van der Waals surface area contributed by atoms with Gasteiger partial charge in [-0.1, -0.05) is 36.6 Å². The van der Waals surface area contributed by atoms with E-state index in [0.29, 0.717) is 21.2 Å². The molecule has 1 saturated carbocycles. The SMILES string of the molecule is O=c1[nH]c(-c2ccccc2Cl)nc(C2CCCC2)c1Br. The maximum Gasteiger partial charge on any atom is 0.265 e. The number of benzene rings is 1. The average molecular weight is 354 g/mol. The molecule has 1 aliphatic carbocycles. The molecule has 1 fully saturated rings. The Kier molecular flexibility index (Phi) is 3.94. The summed E-state index contributed by atoms with van der Waals surface area (Å²) in [6, 6.07) is 7.42. The molecule has 5 heteroatoms. The predicted octanol–water partition coefficient (Wildman–Crippen LogP) is 4.51. The number of aromatic nitrogens is 2. The second-order valence-corrected chi connectivity index (χ2v) is 6.28. The van der Waals surface area contributed by atoms with Crippen LogP contribution in [0.5, 0.6) is 0 Å². The molecule has 104 valence electrons. The second-order valence-electron chi connectivity index (χ2n) is 5.07. The van der Waals surface area contributed by atoms with Crippen LogP contribution in [0.1, 0.15) is 37.3 Å². The van der Waals surface area contributed by atoms with Gasteiger partial charge in [0.2, 0.25) is 0 Å². The molecule has 0 radical (unpaired) electrons. The van der Waals surface area contributed by atoms with Crippen LogP contribution >= 0.6 is 27.5 Å². The summed E-state index contributed by atoms with van der Waals surface area (Å²) in [4.78, 5) is 19.6. The topological polar surface area (TPSA) is 45.8 Å². The van der Waals surface area contributed by atoms with Gasteiger partial charge >= 0.3 is 0 Å². The van der Waals surface area contributed by atoms with Gasteiger partial charge in [0.15, 0.2) is 0 Å². The van der Waals surface area contributed by atoms with Crippen molar-refractivity contribution in [3.05, 3.63) is 49.8 Å². The van der Waals surface area contributed by atoms with Gasteiger partial charge < -0.3 is 4.98 Å². The molecule has 1 aromatic heterocycles. The van der Waals surface area contributed by atoms with Crippen LogP contribution in [0.2, 0.25) is 5.02 Å². The van der Waals surface area contributed by atoms with Crippen molar-refractivity contribution in [1.29, 1.82) is 0 Å². The van der Waals surface area contributed by atoms with E-state index in [1.54, 1.807) is 6.07 Å². The molecule has 0 atom stereocenters. The third-order valence-corrected chi connectivity index (χ3v) is 4.86. The predicted molar refractivity (Wildman–Crippen MR) is 84.2 cm³/mol. The fourth-order valence-electron chi connectivity index (χ4n) is 2.73. The Morgan fingerprint density at radius 3 is 2.65 bits per heavy atom. The van der Waals surface area contributed by atoms with Crippen molar-refractivity contribution in [2.75, 3.05) is 0 Å². The Labute approximate surface area is 130 Å². The van der Waals surface area contributed by atoms with Crippen LogP contribution in [-0.4, -0.2) is 9.97 Å². The molecule has 0 saturated heterocycles. The van der Waals surface area contributed by atoms with Gasteiger partial charge in [0.25, 0.3) is 5.56 Å². The first-order valence-electron chi connectivity index (χ1n) is 6.71. The first-order chi connectivity index (χ1) is 9.66. The van der Waals surface area contributed by atoms with Gasteiger partial charge in [-0.2, -0.15) is 0 Å². The third kappa shape index (κ3) is 2.54. The molecule has 3 rings (SSSR count). The van der Waals surface area contributed by atoms with E-state index in [4.69, 9.17) is 11.6 Å². The summed E-state index contributed by atoms with van der Waals surface area (Å²) in [5.41, 5.74) is 1.48. The summed E-state index contributed by atoms with van der Waals surface area (Å²) >= 11 is 9.57. The van der Waals surface area contributed by atoms with E-state index in [1.807, 2.05) is 18.2 Å². The lowest BCUT2D eigenvalue weighted by Crippen LogP contribution is -2.15. The molecule has 0 aliphatic heterocycles. The number of halogens is 2. The molecule has 0 spiro atoms. The maximum atomic E-state index is 12.1. The first-order valence-corrected chi connectivity index (χ1v) is 7.88. The number of aromatic amines is 1. The van der Waals surface area contributed by atoms with Crippen molar-refractivity contribution in [3.8, 4) is 11.4 Å². The highest BCUT2D eigenvalue weighted by atomic mass is 79.9. The van der Waals surface area contributed by atoms with Crippen molar-refractivity contribution in [2.24, 2.45) is 0 Å². The zero-order chi connectivity index (χ0) is 14.1. The van der Waals surface area contributed by atoms with Crippen molar-refractivity contribution in [3.63, 3.8) is 0 Å². The van der Waals surface area contributed by atoms with Crippen molar-refractivity contribution in [2.45, 2.75) is 31.6 Å². The summed E-state index contributed by atoms with van der Waals surface area (Å²) in [5.74, 6) is 0.915. The Bertz CT molecular complexity index is 693. The van der Waals surface area contributed by atoms with Crippen LogP contribution in [0, 0.1) is 0 Å². The van der Waals surface area contributed by atoms with E-state index < -0.39 is 0 Å². The summed E-state index contributed by atoms with van der Waals surface area (Å²) < 4.78 is 0.556. The molecule has 1 aliphatic rings. The number of H-pyrrole nitrogens is 1. The molecule has 0 bridgehead atoms. The van der Waals surface area contributed by atoms with Crippen molar-refractivity contribution >= 4 is 27.5 Å². The maximum absolute atomic E-state index is 12.1. The molecular formula is C15H14BrClN2O. The number of nitrogens with one attached hydrogen (secondary N) is 1. The highest BCUT2D eigenvalue weighted by molar-refractivity contribution is 9.10. The molecule has 1 heterocycles. The standard InChI is InChI=1S/C15H14BrClN2O/c16-12-13(9-5-1-2-6-9)18-14(19-15(12)20)10-7-3-4-8-11(10)17/h3-4,7-9H,1-2,5-6H2,(H,18,19,20). The average Bonchev–Trinajstić information content (AvgIpc) is 2.96. The zero-order valence-corrected chi connectivity index (χ0v) is 13.2. The zero-order valence-electron chi connectivity index (χ0n) is 10.8. The van der Waals surface area contributed by atoms with Crippen molar-refractivity contribution in [1.82, 2.24) is 9.97 Å². The lowest BCUT2D eigenvalue weighted by Gasteiger charge is -2.12. The summed E-state index contributed by atoms with van der Waals surface area (Å²) in [5, 5.41) is 0.593. The monoisotopic (exact) mass is 352 g/mol. The molecular weight excluding hydrogens is 340 g/mol. The molecule has 0 unspecified atom stereocenters. The Hall–Kier alpha value is -1.13. The van der Waals surface area contributed by atoms with Crippen molar-refractivity contribution < 1.29 is 0 Å². The van der Waals surface area contributed by atoms with Crippen LogP contribution in [-0.2, 0) is 0 Å². The lowest BCUT2D eigenvalue weighted by molar-refractivity contribution is 0.688. The normalized spacial score (nSPS) is 15.7. The number of hydrogen-bond acceptors (Lipinski definition) is 2. The largest absolute Gasteiger partial charge is 0.305 e. The first kappa shape index (κ1) is 13.8. The Balaban J connectivity index is 2.14. The Morgan fingerprint density at radius 1 is 1.25 bits per heavy atom. The minimum atomic E-state index is -0.142. The van der Waals surface area contributed by atoms with E-state index in [2.05, 4.69) is 25.9 Å². The summed E-state index contributed by atoms with van der Waals surface area (Å²) in [6.45, 7) is 0. The van der Waals surface area contributed by atoms with Crippen LogP contribution in [0.25, 0.3) is 11.4 Å². The van der Waals surface area contributed by atoms with Gasteiger partial charge in [-0.25, -0.2) is 4.98 Å². The molecule has 2 aromatic rings. The smallest absolute Gasteiger partial charge is 0.265 e. The molecule has 3 nitrogen and oxygen atoms in total. The molecule has 1 N–H and O–H groups in total. The quantitative estimate of drug-likeness (QED) is 0.863. The highest BCUT2D eigenvalue weighted by Gasteiger charge is 2.23. The van der Waals surface area contributed by atoms with Crippen LogP contribution in [0.4, 0.5) is 0 Å². The van der Waals surface area contributed by atoms with Crippen LogP contribution in [0.15, 0.2) is 33.5 Å². The summed E-state index contributed by atoms with van der Waals surface area (Å²) in [7, 11) is 0. The van der Waals surface area contributed by atoms with Crippen LogP contribution in [0.3, 0.4) is 0 Å². The molecule has 0 amide bonds. The van der Waals surface area contributed by atoms with E-state index in [0.717, 1.165) is 24.1 Å². The number of rotatable bonds is 2. The number of hydrogen-bond donors (Lipinski definition) is 1. The fourth-order valence-corrected chi connectivity index (χ4v) is 3.46. The lowest BCUT2D eigenvalue weighted by atomic mass is 10.0. The minimum Gasteiger partial charge on any atom is -0.305 e. The van der Waals surface area contributed by atoms with Gasteiger partial charge in [0.1, 0.15) is 10.3 Å². The highest BCUT2D eigenvalue weighted by Crippen LogP contribution is 2.36. The van der Waals surface area contributed by atoms with Gasteiger partial charge in [0, 0.05) is 11.5 Å². The molecule has 1 aromatic carbocycles. The van der Waals surface area contributed by atoms with E-state index in [1.165, 1.54) is 12.8 Å². The second kappa shape index (κ2) is 5.70. The number of nitrogens with zero attached hydrogens (tertiary/aromatic N) is 1. The minimum absolute atomic E-state index is 0.142. The fraction of sp³-hybridized carbons (Fsp3) is 0.333. The van der Waals surface area contributed by atoms with E-state index in [9.17, 15) is 4.79 Å². The third-order valence-electron chi connectivity index (χ3n) is 3.76. The van der Waals surface area contributed by atoms with Gasteiger partial charge in [-0.15, -0.1) is 0 Å². The van der Waals surface area contributed by atoms with Gasteiger partial charge in [0.05, 0.1) is 10.7 Å². The van der Waals surface area contributed by atoms with Crippen LogP contribution < -0.4 is 5.56 Å². The van der Waals surface area contributed by atoms with E-state index in [-0.39, 0.29) is 5.56 Å².